The van der Waals surface area contributed by atoms with Crippen LogP contribution >= 0.6 is 0 Å². The molecule has 1 atom stereocenters. The van der Waals surface area contributed by atoms with E-state index in [-0.39, 0.29) is 38.0 Å². The first-order valence-corrected chi connectivity index (χ1v) is 34.7. The molecule has 83 heavy (non-hydrogen) atoms. The van der Waals surface area contributed by atoms with Gasteiger partial charge in [0.2, 0.25) is 0 Å². The van der Waals surface area contributed by atoms with Crippen molar-refractivity contribution in [3.8, 4) is 0 Å². The molecule has 6 heteroatoms. The van der Waals surface area contributed by atoms with Crippen LogP contribution in [0, 0.1) is 0 Å². The van der Waals surface area contributed by atoms with Crippen molar-refractivity contribution in [1.29, 1.82) is 0 Å². The minimum absolute atomic E-state index is 0.118. The van der Waals surface area contributed by atoms with E-state index in [0.29, 0.717) is 6.42 Å². The molecule has 6 nitrogen and oxygen atoms in total. The zero-order chi connectivity index (χ0) is 59.9. The Morgan fingerprint density at radius 3 is 0.855 bits per heavy atom. The first kappa shape index (κ1) is 78.5. The molecule has 0 aliphatic heterocycles. The average molecular weight is 1150 g/mol. The van der Waals surface area contributed by atoms with Gasteiger partial charge >= 0.3 is 17.9 Å². The number of hydrogen-bond acceptors (Lipinski definition) is 6. The van der Waals surface area contributed by atoms with Crippen LogP contribution in [-0.4, -0.2) is 37.2 Å². The highest BCUT2D eigenvalue weighted by Gasteiger charge is 2.19. The summed E-state index contributed by atoms with van der Waals surface area (Å²) in [5.74, 6) is -1.07. The van der Waals surface area contributed by atoms with Crippen molar-refractivity contribution in [1.82, 2.24) is 0 Å². The maximum Gasteiger partial charge on any atom is 0.309 e. The molecule has 0 aromatic heterocycles. The fraction of sp³-hybridized carbons (Fsp3) is 0.675. The highest BCUT2D eigenvalue weighted by molar-refractivity contribution is 5.72. The fourth-order valence-electron chi connectivity index (χ4n) is 9.54. The Labute approximate surface area is 513 Å². The second-order valence-corrected chi connectivity index (χ2v) is 22.7. The summed E-state index contributed by atoms with van der Waals surface area (Å²) < 4.78 is 16.8. The van der Waals surface area contributed by atoms with Gasteiger partial charge in [-0.15, -0.1) is 0 Å². The summed E-state index contributed by atoms with van der Waals surface area (Å²) in [5.41, 5.74) is 0. The molecule has 0 N–H and O–H groups in total. The quantitative estimate of drug-likeness (QED) is 0.0261. The smallest absolute Gasteiger partial charge is 0.309 e. The molecule has 0 radical (unpaired) electrons. The van der Waals surface area contributed by atoms with E-state index in [2.05, 4.69) is 142 Å². The van der Waals surface area contributed by atoms with Gasteiger partial charge in [0, 0.05) is 12.8 Å². The lowest BCUT2D eigenvalue weighted by Crippen LogP contribution is -2.30. The predicted octanol–water partition coefficient (Wildman–Crippen LogP) is 24.1. The van der Waals surface area contributed by atoms with E-state index < -0.39 is 12.1 Å². The Hall–Kier alpha value is -4.45. The summed E-state index contributed by atoms with van der Waals surface area (Å²) in [6, 6.07) is 0. The van der Waals surface area contributed by atoms with Gasteiger partial charge in [-0.3, -0.25) is 14.4 Å². The highest BCUT2D eigenvalue weighted by Crippen LogP contribution is 2.17. The van der Waals surface area contributed by atoms with E-state index in [1.807, 2.05) is 6.08 Å². The van der Waals surface area contributed by atoms with Crippen molar-refractivity contribution in [3.63, 3.8) is 0 Å². The summed E-state index contributed by atoms with van der Waals surface area (Å²) in [6.07, 6.45) is 99.4. The normalized spacial score (nSPS) is 13.0. The van der Waals surface area contributed by atoms with Crippen molar-refractivity contribution in [2.45, 2.75) is 322 Å². The lowest BCUT2D eigenvalue weighted by molar-refractivity contribution is -0.166. The first-order chi connectivity index (χ1) is 41.0. The summed E-state index contributed by atoms with van der Waals surface area (Å²) in [4.78, 5) is 38.3. The zero-order valence-corrected chi connectivity index (χ0v) is 54.2. The first-order valence-electron chi connectivity index (χ1n) is 34.7. The molecule has 0 aliphatic rings. The number of allylic oxidation sites excluding steroid dienone is 21. The van der Waals surface area contributed by atoms with Gasteiger partial charge in [0.05, 0.1) is 6.42 Å². The lowest BCUT2D eigenvalue weighted by atomic mass is 10.0. The molecule has 0 fully saturated rings. The molecule has 0 heterocycles. The zero-order valence-electron chi connectivity index (χ0n) is 54.2. The number of carbonyl (C=O) groups is 3. The Bertz CT molecular complexity index is 1750. The third-order valence-corrected chi connectivity index (χ3v) is 14.7. The molecular formula is C77H128O6. The van der Waals surface area contributed by atoms with Crippen molar-refractivity contribution in [2.24, 2.45) is 0 Å². The average Bonchev–Trinajstić information content (AvgIpc) is 3.49. The SMILES string of the molecule is CC/C=C\C/C=C\C/C=C\C/C=C\C/C=C\CCCCCCCC(=O)OC(COC(=O)C/C=C\C/C=C\C/C=C\C/C=C\C/C=C\CC)COC(=O)CCCCCCCCCCCCCCCCCCC/C=C\CCCCCCCCCC. The molecule has 0 saturated carbocycles. The Morgan fingerprint density at radius 2 is 0.518 bits per heavy atom. The number of esters is 3. The largest absolute Gasteiger partial charge is 0.462 e. The molecule has 0 rings (SSSR count). The topological polar surface area (TPSA) is 78.9 Å². The van der Waals surface area contributed by atoms with Gasteiger partial charge in [-0.25, -0.2) is 0 Å². The van der Waals surface area contributed by atoms with Gasteiger partial charge in [0.15, 0.2) is 6.10 Å². The molecule has 0 aromatic rings. The van der Waals surface area contributed by atoms with Crippen LogP contribution in [0.3, 0.4) is 0 Å². The summed E-state index contributed by atoms with van der Waals surface area (Å²) in [7, 11) is 0. The maximum atomic E-state index is 12.9. The van der Waals surface area contributed by atoms with Crippen molar-refractivity contribution in [3.05, 3.63) is 134 Å². The van der Waals surface area contributed by atoms with Crippen molar-refractivity contribution >= 4 is 17.9 Å². The fourth-order valence-corrected chi connectivity index (χ4v) is 9.54. The van der Waals surface area contributed by atoms with E-state index in [0.717, 1.165) is 122 Å². The molecule has 1 unspecified atom stereocenters. The monoisotopic (exact) mass is 1150 g/mol. The van der Waals surface area contributed by atoms with Crippen LogP contribution in [0.4, 0.5) is 0 Å². The van der Waals surface area contributed by atoms with Gasteiger partial charge in [-0.1, -0.05) is 315 Å². The molecule has 472 valence electrons. The van der Waals surface area contributed by atoms with Crippen molar-refractivity contribution in [2.75, 3.05) is 13.2 Å². The Morgan fingerprint density at radius 1 is 0.265 bits per heavy atom. The van der Waals surface area contributed by atoms with E-state index in [1.165, 1.54) is 154 Å². The molecule has 0 bridgehead atoms. The van der Waals surface area contributed by atoms with E-state index in [4.69, 9.17) is 14.2 Å². The summed E-state index contributed by atoms with van der Waals surface area (Å²) in [6.45, 7) is 6.33. The lowest BCUT2D eigenvalue weighted by Gasteiger charge is -2.18. The predicted molar refractivity (Wildman–Crippen MR) is 362 cm³/mol. The molecular weight excluding hydrogens is 1020 g/mol. The van der Waals surface area contributed by atoms with Gasteiger partial charge in [-0.2, -0.15) is 0 Å². The van der Waals surface area contributed by atoms with Gasteiger partial charge in [0.1, 0.15) is 13.2 Å². The van der Waals surface area contributed by atoms with Crippen molar-refractivity contribution < 1.29 is 28.6 Å². The number of hydrogen-bond donors (Lipinski definition) is 0. The van der Waals surface area contributed by atoms with Gasteiger partial charge in [-0.05, 0) is 116 Å². The molecule has 0 aromatic carbocycles. The third kappa shape index (κ3) is 68.2. The number of carbonyl (C=O) groups excluding carboxylic acids is 3. The molecule has 0 aliphatic carbocycles. The third-order valence-electron chi connectivity index (χ3n) is 14.7. The van der Waals surface area contributed by atoms with E-state index in [9.17, 15) is 14.4 Å². The molecule has 0 saturated heterocycles. The maximum absolute atomic E-state index is 12.9. The summed E-state index contributed by atoms with van der Waals surface area (Å²) in [5, 5.41) is 0. The number of unbranched alkanes of at least 4 members (excludes halogenated alkanes) is 30. The van der Waals surface area contributed by atoms with Crippen LogP contribution in [0.5, 0.6) is 0 Å². The number of ether oxygens (including phenoxy) is 3. The van der Waals surface area contributed by atoms with Crippen LogP contribution in [0.2, 0.25) is 0 Å². The molecule has 0 spiro atoms. The van der Waals surface area contributed by atoms with Crippen LogP contribution < -0.4 is 0 Å². The highest BCUT2D eigenvalue weighted by atomic mass is 16.6. The van der Waals surface area contributed by atoms with Crippen LogP contribution in [-0.2, 0) is 28.6 Å². The minimum Gasteiger partial charge on any atom is -0.462 e. The van der Waals surface area contributed by atoms with Gasteiger partial charge < -0.3 is 14.2 Å². The second-order valence-electron chi connectivity index (χ2n) is 22.7. The minimum atomic E-state index is -0.834. The van der Waals surface area contributed by atoms with Gasteiger partial charge in [0.25, 0.3) is 0 Å². The van der Waals surface area contributed by atoms with Crippen LogP contribution in [0.15, 0.2) is 134 Å². The van der Waals surface area contributed by atoms with Crippen LogP contribution in [0.25, 0.3) is 0 Å². The summed E-state index contributed by atoms with van der Waals surface area (Å²) >= 11 is 0. The Kier molecular flexibility index (Phi) is 66.3. The number of rotatable bonds is 62. The van der Waals surface area contributed by atoms with E-state index >= 15 is 0 Å². The standard InChI is InChI=1S/C77H128O6/c1-4-7-10-13-16-19-22-25-28-30-32-34-35-36-37-38-39-40-41-43-44-46-49-52-55-58-61-64-67-70-76(79)82-73-74(72-81-75(78)69-66-63-60-57-54-51-48-27-24-21-18-15-12-9-6-3)83-77(80)71-68-65-62-59-56-53-50-47-45-42-33-31-29-26-23-20-17-14-11-8-5-2/h8-9,11-12,17-18,20-21,26-27,29-30,32-33,42,47-48,50,54,57,63,66,74H,4-7,10,13-16,19,22-25,28,31,34-41,43-46,49,51-53,55-56,58-62,64-65,67-73H2,1-3H3/b11-8-,12-9-,20-17-,21-18-,29-26-,32-30-,42-33-,48-27-,50-47-,57-54-,66-63-. The Balaban J connectivity index is 4.37. The van der Waals surface area contributed by atoms with Crippen LogP contribution in [0.1, 0.15) is 316 Å². The second kappa shape index (κ2) is 70.0. The molecule has 0 amide bonds. The van der Waals surface area contributed by atoms with E-state index in [1.54, 1.807) is 6.08 Å².